The summed E-state index contributed by atoms with van der Waals surface area (Å²) in [5.74, 6) is -0.163. The predicted octanol–water partition coefficient (Wildman–Crippen LogP) is 3.42. The Bertz CT molecular complexity index is 427. The summed E-state index contributed by atoms with van der Waals surface area (Å²) in [5, 5.41) is 3.66. The molecule has 112 valence electrons. The average molecular weight is 278 g/mol. The average Bonchev–Trinajstić information content (AvgIpc) is 2.69. The first-order valence-corrected chi connectivity index (χ1v) is 7.62. The van der Waals surface area contributed by atoms with Gasteiger partial charge in [0.1, 0.15) is 5.82 Å². The first-order chi connectivity index (χ1) is 9.44. The summed E-state index contributed by atoms with van der Waals surface area (Å²) in [6.07, 6.45) is 2.48. The van der Waals surface area contributed by atoms with Gasteiger partial charge in [-0.25, -0.2) is 4.39 Å². The fraction of sp³-hybridized carbons (Fsp3) is 0.647. The van der Waals surface area contributed by atoms with Crippen LogP contribution in [-0.4, -0.2) is 30.6 Å². The lowest BCUT2D eigenvalue weighted by Gasteiger charge is -2.36. The number of hydrogen-bond donors (Lipinski definition) is 1. The molecule has 0 aromatic heterocycles. The maximum Gasteiger partial charge on any atom is 0.123 e. The van der Waals surface area contributed by atoms with Gasteiger partial charge in [-0.3, -0.25) is 4.90 Å². The Hall–Kier alpha value is -0.930. The minimum atomic E-state index is -0.163. The van der Waals surface area contributed by atoms with Crippen LogP contribution in [0.5, 0.6) is 0 Å². The number of nitrogens with one attached hydrogen (secondary N) is 1. The maximum atomic E-state index is 13.0. The third-order valence-corrected chi connectivity index (χ3v) is 4.65. The first-order valence-electron chi connectivity index (χ1n) is 7.62. The third kappa shape index (κ3) is 3.39. The van der Waals surface area contributed by atoms with Gasteiger partial charge < -0.3 is 5.32 Å². The second kappa shape index (κ2) is 6.23. The Balaban J connectivity index is 2.04. The Kier molecular flexibility index (Phi) is 4.82. The van der Waals surface area contributed by atoms with Crippen LogP contribution in [0.1, 0.15) is 39.2 Å². The van der Waals surface area contributed by atoms with Gasteiger partial charge in [0.05, 0.1) is 0 Å². The van der Waals surface area contributed by atoms with Crippen LogP contribution < -0.4 is 5.32 Å². The zero-order valence-corrected chi connectivity index (χ0v) is 13.1. The molecule has 1 aromatic rings. The van der Waals surface area contributed by atoms with Gasteiger partial charge in [-0.05, 0) is 49.5 Å². The Labute approximate surface area is 122 Å². The monoisotopic (exact) mass is 278 g/mol. The van der Waals surface area contributed by atoms with E-state index in [1.54, 1.807) is 12.1 Å². The fourth-order valence-corrected chi connectivity index (χ4v) is 3.47. The number of likely N-dealkylation sites (N-methyl/N-ethyl adjacent to an activating group) is 2. The number of hydrogen-bond acceptors (Lipinski definition) is 2. The summed E-state index contributed by atoms with van der Waals surface area (Å²) in [6.45, 7) is 8.77. The van der Waals surface area contributed by atoms with E-state index in [0.717, 1.165) is 13.1 Å². The van der Waals surface area contributed by atoms with Gasteiger partial charge in [0.2, 0.25) is 0 Å². The van der Waals surface area contributed by atoms with Gasteiger partial charge >= 0.3 is 0 Å². The summed E-state index contributed by atoms with van der Waals surface area (Å²) >= 11 is 0. The smallest absolute Gasteiger partial charge is 0.123 e. The molecule has 1 saturated carbocycles. The molecule has 2 rings (SSSR count). The van der Waals surface area contributed by atoms with Gasteiger partial charge in [0.25, 0.3) is 0 Å². The van der Waals surface area contributed by atoms with Crippen LogP contribution in [-0.2, 0) is 6.54 Å². The van der Waals surface area contributed by atoms with Gasteiger partial charge in [0.15, 0.2) is 0 Å². The van der Waals surface area contributed by atoms with Crippen LogP contribution in [0, 0.1) is 11.2 Å². The van der Waals surface area contributed by atoms with Crippen molar-refractivity contribution in [2.75, 3.05) is 13.6 Å². The molecule has 1 aliphatic rings. The SMILES string of the molecule is CCNC1C(N(C)Cc2ccc(F)cc2)CCC1(C)C. The van der Waals surface area contributed by atoms with Crippen molar-refractivity contribution in [2.24, 2.45) is 5.41 Å². The molecular weight excluding hydrogens is 251 g/mol. The molecule has 3 heteroatoms. The van der Waals surface area contributed by atoms with Gasteiger partial charge in [-0.2, -0.15) is 0 Å². The normalized spacial score (nSPS) is 25.3. The zero-order chi connectivity index (χ0) is 14.8. The van der Waals surface area contributed by atoms with Gasteiger partial charge in [-0.1, -0.05) is 32.9 Å². The molecule has 1 N–H and O–H groups in total. The van der Waals surface area contributed by atoms with Crippen LogP contribution >= 0.6 is 0 Å². The van der Waals surface area contributed by atoms with Crippen LogP contribution in [0.25, 0.3) is 0 Å². The Morgan fingerprint density at radius 1 is 1.30 bits per heavy atom. The molecule has 1 aromatic carbocycles. The topological polar surface area (TPSA) is 15.3 Å². The minimum Gasteiger partial charge on any atom is -0.312 e. The standard InChI is InChI=1S/C17H27FN2/c1-5-19-16-15(10-11-17(16,2)3)20(4)12-13-6-8-14(18)9-7-13/h6-9,15-16,19H,5,10-12H2,1-4H3. The second-order valence-electron chi connectivity index (χ2n) is 6.67. The third-order valence-electron chi connectivity index (χ3n) is 4.65. The van der Waals surface area contributed by atoms with E-state index >= 15 is 0 Å². The molecule has 1 fully saturated rings. The highest BCUT2D eigenvalue weighted by Gasteiger charge is 2.42. The van der Waals surface area contributed by atoms with E-state index in [9.17, 15) is 4.39 Å². The van der Waals surface area contributed by atoms with Crippen LogP contribution in [0.3, 0.4) is 0 Å². The highest BCUT2D eigenvalue weighted by molar-refractivity contribution is 5.16. The van der Waals surface area contributed by atoms with Crippen molar-refractivity contribution in [3.05, 3.63) is 35.6 Å². The molecule has 20 heavy (non-hydrogen) atoms. The summed E-state index contributed by atoms with van der Waals surface area (Å²) in [7, 11) is 2.18. The molecule has 2 unspecified atom stereocenters. The molecule has 0 saturated heterocycles. The lowest BCUT2D eigenvalue weighted by Crippen LogP contribution is -2.50. The van der Waals surface area contributed by atoms with Gasteiger partial charge in [0, 0.05) is 18.6 Å². The number of halogens is 1. The Morgan fingerprint density at radius 3 is 2.55 bits per heavy atom. The highest BCUT2D eigenvalue weighted by Crippen LogP contribution is 2.39. The van der Waals surface area contributed by atoms with Crippen molar-refractivity contribution >= 4 is 0 Å². The maximum absolute atomic E-state index is 13.0. The molecule has 2 atom stereocenters. The van der Waals surface area contributed by atoms with Crippen molar-refractivity contribution in [2.45, 2.75) is 52.2 Å². The van der Waals surface area contributed by atoms with Crippen LogP contribution in [0.2, 0.25) is 0 Å². The lowest BCUT2D eigenvalue weighted by molar-refractivity contribution is 0.167. The molecule has 0 spiro atoms. The zero-order valence-electron chi connectivity index (χ0n) is 13.1. The van der Waals surface area contributed by atoms with E-state index in [-0.39, 0.29) is 5.82 Å². The van der Waals surface area contributed by atoms with E-state index in [4.69, 9.17) is 0 Å². The van der Waals surface area contributed by atoms with E-state index in [2.05, 4.69) is 38.0 Å². The number of benzene rings is 1. The molecular formula is C17H27FN2. The van der Waals surface area contributed by atoms with E-state index < -0.39 is 0 Å². The summed E-state index contributed by atoms with van der Waals surface area (Å²) < 4.78 is 13.0. The van der Waals surface area contributed by atoms with E-state index in [1.165, 1.54) is 18.4 Å². The van der Waals surface area contributed by atoms with E-state index in [0.29, 0.717) is 17.5 Å². The molecule has 0 radical (unpaired) electrons. The Morgan fingerprint density at radius 2 is 1.95 bits per heavy atom. The van der Waals surface area contributed by atoms with Crippen molar-refractivity contribution in [3.8, 4) is 0 Å². The van der Waals surface area contributed by atoms with Crippen molar-refractivity contribution < 1.29 is 4.39 Å². The van der Waals surface area contributed by atoms with Crippen molar-refractivity contribution in [3.63, 3.8) is 0 Å². The molecule has 2 nitrogen and oxygen atoms in total. The summed E-state index contributed by atoms with van der Waals surface area (Å²) in [5.41, 5.74) is 1.52. The molecule has 0 heterocycles. The second-order valence-corrected chi connectivity index (χ2v) is 6.67. The minimum absolute atomic E-state index is 0.163. The largest absolute Gasteiger partial charge is 0.312 e. The predicted molar refractivity (Wildman–Crippen MR) is 82.1 cm³/mol. The van der Waals surface area contributed by atoms with Crippen LogP contribution in [0.4, 0.5) is 4.39 Å². The lowest BCUT2D eigenvalue weighted by atomic mass is 9.86. The summed E-state index contributed by atoms with van der Waals surface area (Å²) in [6, 6.07) is 7.93. The molecule has 1 aliphatic carbocycles. The fourth-order valence-electron chi connectivity index (χ4n) is 3.47. The van der Waals surface area contributed by atoms with Crippen molar-refractivity contribution in [1.29, 1.82) is 0 Å². The molecule has 0 aliphatic heterocycles. The highest BCUT2D eigenvalue weighted by atomic mass is 19.1. The molecule has 0 amide bonds. The van der Waals surface area contributed by atoms with Crippen LogP contribution in [0.15, 0.2) is 24.3 Å². The van der Waals surface area contributed by atoms with Gasteiger partial charge in [-0.15, -0.1) is 0 Å². The summed E-state index contributed by atoms with van der Waals surface area (Å²) in [4.78, 5) is 2.41. The quantitative estimate of drug-likeness (QED) is 0.888. The number of nitrogens with zero attached hydrogens (tertiary/aromatic N) is 1. The first kappa shape index (κ1) is 15.5. The van der Waals surface area contributed by atoms with Crippen molar-refractivity contribution in [1.82, 2.24) is 10.2 Å². The van der Waals surface area contributed by atoms with E-state index in [1.807, 2.05) is 12.1 Å². The number of rotatable bonds is 5. The molecule has 0 bridgehead atoms.